The fourth-order valence-corrected chi connectivity index (χ4v) is 1.96. The lowest BCUT2D eigenvalue weighted by molar-refractivity contribution is 0.100. The van der Waals surface area contributed by atoms with Crippen molar-refractivity contribution in [1.29, 1.82) is 5.26 Å². The molecule has 6 nitrogen and oxygen atoms in total. The van der Waals surface area contributed by atoms with Crippen molar-refractivity contribution in [3.63, 3.8) is 0 Å². The zero-order chi connectivity index (χ0) is 15.4. The topological polar surface area (TPSA) is 114 Å². The van der Waals surface area contributed by atoms with Crippen LogP contribution in [0.4, 0.5) is 17.1 Å². The number of methoxy groups -OCH3 is 1. The smallest absolute Gasteiger partial charge is 0.250 e. The first-order valence-electron chi connectivity index (χ1n) is 6.11. The molecule has 0 aliphatic rings. The Morgan fingerprint density at radius 2 is 1.95 bits per heavy atom. The summed E-state index contributed by atoms with van der Waals surface area (Å²) in [4.78, 5) is 11.5. The maximum atomic E-state index is 11.5. The number of rotatable bonds is 4. The van der Waals surface area contributed by atoms with Gasteiger partial charge in [-0.2, -0.15) is 5.26 Å². The van der Waals surface area contributed by atoms with Crippen molar-refractivity contribution in [3.05, 3.63) is 47.5 Å². The van der Waals surface area contributed by atoms with E-state index in [0.717, 1.165) is 0 Å². The van der Waals surface area contributed by atoms with Crippen LogP contribution in [0.1, 0.15) is 15.9 Å². The number of hydrogen-bond acceptors (Lipinski definition) is 5. The number of anilines is 3. The first-order valence-corrected chi connectivity index (χ1v) is 6.11. The molecule has 6 heteroatoms. The molecule has 0 saturated heterocycles. The van der Waals surface area contributed by atoms with Gasteiger partial charge >= 0.3 is 0 Å². The van der Waals surface area contributed by atoms with E-state index in [1.807, 2.05) is 0 Å². The molecule has 0 unspecified atom stereocenters. The van der Waals surface area contributed by atoms with Gasteiger partial charge in [0.2, 0.25) is 0 Å². The van der Waals surface area contributed by atoms with E-state index in [-0.39, 0.29) is 5.56 Å². The minimum Gasteiger partial charge on any atom is -0.495 e. The molecule has 2 aromatic carbocycles. The van der Waals surface area contributed by atoms with Gasteiger partial charge in [-0.25, -0.2) is 0 Å². The number of primary amides is 1. The fraction of sp³-hybridized carbons (Fsp3) is 0.0667. The molecule has 1 amide bonds. The molecule has 2 rings (SSSR count). The molecule has 0 heterocycles. The highest BCUT2D eigenvalue weighted by Gasteiger charge is 2.15. The zero-order valence-electron chi connectivity index (χ0n) is 11.4. The van der Waals surface area contributed by atoms with Gasteiger partial charge in [-0.1, -0.05) is 12.1 Å². The van der Waals surface area contributed by atoms with Crippen molar-refractivity contribution < 1.29 is 9.53 Å². The second kappa shape index (κ2) is 5.84. The molecule has 106 valence electrons. The third kappa shape index (κ3) is 2.72. The van der Waals surface area contributed by atoms with Gasteiger partial charge in [0.15, 0.2) is 0 Å². The SMILES string of the molecule is COc1cccc(C#N)c1Nc1c(N)cccc1C(N)=O. The number of nitrogen functional groups attached to an aromatic ring is 1. The normalized spacial score (nSPS) is 9.71. The molecule has 0 radical (unpaired) electrons. The molecular weight excluding hydrogens is 268 g/mol. The Morgan fingerprint density at radius 1 is 1.24 bits per heavy atom. The van der Waals surface area contributed by atoms with Gasteiger partial charge in [-0.3, -0.25) is 4.79 Å². The monoisotopic (exact) mass is 282 g/mol. The molecule has 21 heavy (non-hydrogen) atoms. The van der Waals surface area contributed by atoms with Crippen LogP contribution in [-0.4, -0.2) is 13.0 Å². The molecular formula is C15H14N4O2. The number of amides is 1. The Hall–Kier alpha value is -3.20. The van der Waals surface area contributed by atoms with Crippen LogP contribution in [0.2, 0.25) is 0 Å². The van der Waals surface area contributed by atoms with Crippen molar-refractivity contribution in [3.8, 4) is 11.8 Å². The molecule has 0 aliphatic carbocycles. The summed E-state index contributed by atoms with van der Waals surface area (Å²) in [5, 5.41) is 12.2. The lowest BCUT2D eigenvalue weighted by Gasteiger charge is -2.16. The summed E-state index contributed by atoms with van der Waals surface area (Å²) in [6.07, 6.45) is 0. The molecule has 0 aliphatic heterocycles. The van der Waals surface area contributed by atoms with E-state index in [1.54, 1.807) is 36.4 Å². The number of nitriles is 1. The third-order valence-electron chi connectivity index (χ3n) is 2.98. The number of nitrogens with one attached hydrogen (secondary N) is 1. The summed E-state index contributed by atoms with van der Waals surface area (Å²) in [6.45, 7) is 0. The molecule has 2 aromatic rings. The molecule has 5 N–H and O–H groups in total. The highest BCUT2D eigenvalue weighted by molar-refractivity contribution is 6.02. The van der Waals surface area contributed by atoms with Gasteiger partial charge in [0.25, 0.3) is 5.91 Å². The summed E-state index contributed by atoms with van der Waals surface area (Å²) in [5.41, 5.74) is 13.0. The van der Waals surface area contributed by atoms with E-state index in [9.17, 15) is 10.1 Å². The molecule has 0 fully saturated rings. The number of para-hydroxylation sites is 2. The van der Waals surface area contributed by atoms with Crippen molar-refractivity contribution >= 4 is 23.0 Å². The third-order valence-corrected chi connectivity index (χ3v) is 2.98. The lowest BCUT2D eigenvalue weighted by atomic mass is 10.1. The Labute approximate surface area is 121 Å². The molecule has 0 saturated carbocycles. The average Bonchev–Trinajstić information content (AvgIpc) is 2.49. The zero-order valence-corrected chi connectivity index (χ0v) is 11.4. The van der Waals surface area contributed by atoms with Gasteiger partial charge in [-0.05, 0) is 24.3 Å². The summed E-state index contributed by atoms with van der Waals surface area (Å²) >= 11 is 0. The van der Waals surface area contributed by atoms with Crippen LogP contribution in [0.3, 0.4) is 0 Å². The molecule has 0 spiro atoms. The molecule has 0 bridgehead atoms. The lowest BCUT2D eigenvalue weighted by Crippen LogP contribution is -2.14. The van der Waals surface area contributed by atoms with Crippen LogP contribution in [0.5, 0.6) is 5.75 Å². The number of nitrogens with two attached hydrogens (primary N) is 2. The van der Waals surface area contributed by atoms with Crippen molar-refractivity contribution in [1.82, 2.24) is 0 Å². The molecule has 0 atom stereocenters. The maximum absolute atomic E-state index is 11.5. The van der Waals surface area contributed by atoms with Gasteiger partial charge in [0.1, 0.15) is 11.8 Å². The number of benzene rings is 2. The summed E-state index contributed by atoms with van der Waals surface area (Å²) < 4.78 is 5.23. The maximum Gasteiger partial charge on any atom is 0.250 e. The van der Waals surface area contributed by atoms with Crippen LogP contribution in [0, 0.1) is 11.3 Å². The first kappa shape index (κ1) is 14.2. The largest absolute Gasteiger partial charge is 0.495 e. The van der Waals surface area contributed by atoms with Gasteiger partial charge < -0.3 is 21.5 Å². The van der Waals surface area contributed by atoms with Crippen molar-refractivity contribution in [2.75, 3.05) is 18.2 Å². The van der Waals surface area contributed by atoms with E-state index >= 15 is 0 Å². The standard InChI is InChI=1S/C15H14N4O2/c1-21-12-7-2-4-9(8-16)13(12)19-14-10(15(18)20)5-3-6-11(14)17/h2-7,19H,17H2,1H3,(H2,18,20). The van der Waals surface area contributed by atoms with Crippen LogP contribution in [0.15, 0.2) is 36.4 Å². The van der Waals surface area contributed by atoms with Gasteiger partial charge in [-0.15, -0.1) is 0 Å². The van der Waals surface area contributed by atoms with Crippen LogP contribution < -0.4 is 21.5 Å². The minimum absolute atomic E-state index is 0.241. The van der Waals surface area contributed by atoms with E-state index in [1.165, 1.54) is 7.11 Å². The van der Waals surface area contributed by atoms with Crippen molar-refractivity contribution in [2.45, 2.75) is 0 Å². The number of carbonyl (C=O) groups excluding carboxylic acids is 1. The van der Waals surface area contributed by atoms with Crippen LogP contribution >= 0.6 is 0 Å². The van der Waals surface area contributed by atoms with Gasteiger partial charge in [0, 0.05) is 0 Å². The quantitative estimate of drug-likeness (QED) is 0.742. The minimum atomic E-state index is -0.613. The predicted molar refractivity (Wildman–Crippen MR) is 80.4 cm³/mol. The summed E-state index contributed by atoms with van der Waals surface area (Å²) in [5.74, 6) is -0.147. The number of carbonyl (C=O) groups is 1. The van der Waals surface area contributed by atoms with Crippen LogP contribution in [0.25, 0.3) is 0 Å². The highest BCUT2D eigenvalue weighted by atomic mass is 16.5. The number of nitrogens with zero attached hydrogens (tertiary/aromatic N) is 1. The van der Waals surface area contributed by atoms with E-state index in [2.05, 4.69) is 11.4 Å². The van der Waals surface area contributed by atoms with E-state index in [0.29, 0.717) is 28.4 Å². The highest BCUT2D eigenvalue weighted by Crippen LogP contribution is 2.34. The predicted octanol–water partition coefficient (Wildman–Crippen LogP) is 1.99. The second-order valence-electron chi connectivity index (χ2n) is 4.25. The first-order chi connectivity index (χ1) is 10.1. The second-order valence-corrected chi connectivity index (χ2v) is 4.25. The fourth-order valence-electron chi connectivity index (χ4n) is 1.96. The van der Waals surface area contributed by atoms with Gasteiger partial charge in [0.05, 0.1) is 35.3 Å². The Bertz CT molecular complexity index is 735. The Balaban J connectivity index is 2.59. The Kier molecular flexibility index (Phi) is 3.95. The van der Waals surface area contributed by atoms with Crippen molar-refractivity contribution in [2.24, 2.45) is 5.73 Å². The number of ether oxygens (including phenoxy) is 1. The average molecular weight is 282 g/mol. The summed E-state index contributed by atoms with van der Waals surface area (Å²) in [6, 6.07) is 11.9. The molecule has 0 aromatic heterocycles. The summed E-state index contributed by atoms with van der Waals surface area (Å²) in [7, 11) is 1.49. The van der Waals surface area contributed by atoms with Crippen LogP contribution in [-0.2, 0) is 0 Å². The van der Waals surface area contributed by atoms with E-state index in [4.69, 9.17) is 16.2 Å². The number of hydrogen-bond donors (Lipinski definition) is 3. The van der Waals surface area contributed by atoms with E-state index < -0.39 is 5.91 Å². The Morgan fingerprint density at radius 3 is 2.57 bits per heavy atom.